The number of carbonyl (C=O) groups is 1. The average Bonchev–Trinajstić information content (AvgIpc) is 2.50. The summed E-state index contributed by atoms with van der Waals surface area (Å²) < 4.78 is 0. The number of amides is 1. The third-order valence-electron chi connectivity index (χ3n) is 2.74. The van der Waals surface area contributed by atoms with Gasteiger partial charge in [-0.05, 0) is 23.3 Å². The fourth-order valence-corrected chi connectivity index (χ4v) is 1.93. The summed E-state index contributed by atoms with van der Waals surface area (Å²) in [6.45, 7) is 0. The number of rotatable bonds is 5. The molecule has 0 spiro atoms. The molecule has 0 atom stereocenters. The lowest BCUT2D eigenvalue weighted by Gasteiger charge is -1.99. The van der Waals surface area contributed by atoms with Crippen molar-refractivity contribution >= 4 is 29.8 Å². The van der Waals surface area contributed by atoms with Gasteiger partial charge in [-0.25, -0.2) is 5.43 Å². The van der Waals surface area contributed by atoms with Crippen LogP contribution >= 0.6 is 11.6 Å². The first kappa shape index (κ1) is 15.0. The van der Waals surface area contributed by atoms with E-state index in [1.165, 1.54) is 6.21 Å². The van der Waals surface area contributed by atoms with Gasteiger partial charge in [0.05, 0.1) is 6.42 Å². The number of hydrogen-bond acceptors (Lipinski definition) is 2. The third kappa shape index (κ3) is 5.24. The van der Waals surface area contributed by atoms with Gasteiger partial charge in [-0.2, -0.15) is 5.10 Å². The van der Waals surface area contributed by atoms with E-state index < -0.39 is 0 Å². The minimum absolute atomic E-state index is 0.149. The first-order valence-electron chi connectivity index (χ1n) is 6.53. The Balaban J connectivity index is 1.80. The molecule has 2 aromatic carbocycles. The molecule has 0 aliphatic carbocycles. The Hall–Kier alpha value is -2.39. The van der Waals surface area contributed by atoms with Crippen LogP contribution in [0.4, 0.5) is 0 Å². The van der Waals surface area contributed by atoms with Crippen molar-refractivity contribution in [2.75, 3.05) is 0 Å². The van der Waals surface area contributed by atoms with Crippen molar-refractivity contribution in [2.24, 2.45) is 5.10 Å². The molecule has 2 aromatic rings. The molecule has 0 fully saturated rings. The maximum atomic E-state index is 11.6. The predicted molar refractivity (Wildman–Crippen MR) is 87.3 cm³/mol. The van der Waals surface area contributed by atoms with E-state index >= 15 is 0 Å². The number of carbonyl (C=O) groups excluding carboxylic acids is 1. The van der Waals surface area contributed by atoms with E-state index in [1.54, 1.807) is 6.08 Å². The van der Waals surface area contributed by atoms with Crippen molar-refractivity contribution in [2.45, 2.75) is 6.42 Å². The zero-order chi connectivity index (χ0) is 14.9. The maximum absolute atomic E-state index is 11.6. The van der Waals surface area contributed by atoms with Crippen molar-refractivity contribution in [1.82, 2.24) is 5.43 Å². The molecule has 0 aliphatic rings. The van der Waals surface area contributed by atoms with E-state index in [1.807, 2.05) is 60.7 Å². The standard InChI is InChI=1S/C17H15ClN2O/c18-16-11-5-4-9-15(16)10-6-12-19-20-17(21)13-14-7-2-1-3-8-14/h1-12H,13H2,(H,20,21)/b10-6+,19-12-. The van der Waals surface area contributed by atoms with Crippen LogP contribution in [0.1, 0.15) is 11.1 Å². The van der Waals surface area contributed by atoms with E-state index in [0.717, 1.165) is 11.1 Å². The molecule has 0 bridgehead atoms. The molecule has 106 valence electrons. The summed E-state index contributed by atoms with van der Waals surface area (Å²) in [5.74, 6) is -0.149. The predicted octanol–water partition coefficient (Wildman–Crippen LogP) is 3.70. The maximum Gasteiger partial charge on any atom is 0.244 e. The van der Waals surface area contributed by atoms with E-state index in [4.69, 9.17) is 11.6 Å². The van der Waals surface area contributed by atoms with Crippen LogP contribution < -0.4 is 5.43 Å². The lowest BCUT2D eigenvalue weighted by molar-refractivity contribution is -0.120. The van der Waals surface area contributed by atoms with Crippen LogP contribution in [-0.2, 0) is 11.2 Å². The second kappa shape index (κ2) is 8.02. The highest BCUT2D eigenvalue weighted by Crippen LogP contribution is 2.15. The highest BCUT2D eigenvalue weighted by atomic mass is 35.5. The summed E-state index contributed by atoms with van der Waals surface area (Å²) in [7, 11) is 0. The second-order valence-corrected chi connectivity index (χ2v) is 4.76. The van der Waals surface area contributed by atoms with E-state index in [2.05, 4.69) is 10.5 Å². The first-order valence-corrected chi connectivity index (χ1v) is 6.90. The van der Waals surface area contributed by atoms with Crippen molar-refractivity contribution in [3.63, 3.8) is 0 Å². The fraction of sp³-hybridized carbons (Fsp3) is 0.0588. The fourth-order valence-electron chi connectivity index (χ4n) is 1.73. The Bertz CT molecular complexity index is 651. The molecule has 0 saturated heterocycles. The summed E-state index contributed by atoms with van der Waals surface area (Å²) in [6.07, 6.45) is 5.39. The van der Waals surface area contributed by atoms with E-state index in [0.29, 0.717) is 11.4 Å². The lowest BCUT2D eigenvalue weighted by atomic mass is 10.1. The van der Waals surface area contributed by atoms with E-state index in [-0.39, 0.29) is 5.91 Å². The molecule has 0 saturated carbocycles. The van der Waals surface area contributed by atoms with Crippen molar-refractivity contribution in [3.8, 4) is 0 Å². The highest BCUT2D eigenvalue weighted by molar-refractivity contribution is 6.32. The molecule has 0 aromatic heterocycles. The topological polar surface area (TPSA) is 41.5 Å². The van der Waals surface area contributed by atoms with Gasteiger partial charge in [0.25, 0.3) is 0 Å². The zero-order valence-corrected chi connectivity index (χ0v) is 12.1. The molecule has 1 N–H and O–H groups in total. The van der Waals surface area contributed by atoms with Gasteiger partial charge in [-0.15, -0.1) is 0 Å². The lowest BCUT2D eigenvalue weighted by Crippen LogP contribution is -2.19. The van der Waals surface area contributed by atoms with Crippen LogP contribution in [0.2, 0.25) is 5.02 Å². The van der Waals surface area contributed by atoms with Gasteiger partial charge in [0.15, 0.2) is 0 Å². The number of hydrazone groups is 1. The molecule has 0 aliphatic heterocycles. The zero-order valence-electron chi connectivity index (χ0n) is 11.4. The quantitative estimate of drug-likeness (QED) is 0.664. The molecule has 0 radical (unpaired) electrons. The molecule has 2 rings (SSSR count). The van der Waals surface area contributed by atoms with Gasteiger partial charge < -0.3 is 0 Å². The third-order valence-corrected chi connectivity index (χ3v) is 3.08. The summed E-state index contributed by atoms with van der Waals surface area (Å²) >= 11 is 6.01. The summed E-state index contributed by atoms with van der Waals surface area (Å²) in [4.78, 5) is 11.6. The molecular weight excluding hydrogens is 284 g/mol. The molecule has 4 heteroatoms. The summed E-state index contributed by atoms with van der Waals surface area (Å²) in [6, 6.07) is 17.0. The average molecular weight is 299 g/mol. The number of hydrogen-bond donors (Lipinski definition) is 1. The Kier molecular flexibility index (Phi) is 5.73. The van der Waals surface area contributed by atoms with Crippen molar-refractivity contribution in [1.29, 1.82) is 0 Å². The van der Waals surface area contributed by atoms with Gasteiger partial charge in [-0.1, -0.05) is 66.2 Å². The van der Waals surface area contributed by atoms with Gasteiger partial charge in [0.1, 0.15) is 0 Å². The summed E-state index contributed by atoms with van der Waals surface area (Å²) in [5, 5.41) is 4.53. The number of allylic oxidation sites excluding steroid dienone is 1. The van der Waals surface area contributed by atoms with Crippen molar-refractivity contribution < 1.29 is 4.79 Å². The Morgan fingerprint density at radius 2 is 1.81 bits per heavy atom. The van der Waals surface area contributed by atoms with Crippen LogP contribution in [0.5, 0.6) is 0 Å². The SMILES string of the molecule is O=C(Cc1ccccc1)N/N=C\C=C\c1ccccc1Cl. The Labute approximate surface area is 129 Å². The first-order chi connectivity index (χ1) is 10.3. The number of nitrogens with one attached hydrogen (secondary N) is 1. The Morgan fingerprint density at radius 1 is 1.10 bits per heavy atom. The minimum atomic E-state index is -0.149. The van der Waals surface area contributed by atoms with Crippen LogP contribution in [0, 0.1) is 0 Å². The molecule has 3 nitrogen and oxygen atoms in total. The van der Waals surface area contributed by atoms with Crippen LogP contribution in [-0.4, -0.2) is 12.1 Å². The molecule has 0 heterocycles. The van der Waals surface area contributed by atoms with E-state index in [9.17, 15) is 4.79 Å². The van der Waals surface area contributed by atoms with Gasteiger partial charge >= 0.3 is 0 Å². The number of benzene rings is 2. The largest absolute Gasteiger partial charge is 0.273 e. The highest BCUT2D eigenvalue weighted by Gasteiger charge is 2.00. The smallest absolute Gasteiger partial charge is 0.244 e. The van der Waals surface area contributed by atoms with Gasteiger partial charge in [-0.3, -0.25) is 4.79 Å². The van der Waals surface area contributed by atoms with Crippen LogP contribution in [0.3, 0.4) is 0 Å². The Morgan fingerprint density at radius 3 is 2.57 bits per heavy atom. The minimum Gasteiger partial charge on any atom is -0.273 e. The van der Waals surface area contributed by atoms with Gasteiger partial charge in [0, 0.05) is 11.2 Å². The van der Waals surface area contributed by atoms with Crippen LogP contribution in [0.25, 0.3) is 6.08 Å². The second-order valence-electron chi connectivity index (χ2n) is 4.36. The van der Waals surface area contributed by atoms with Crippen LogP contribution in [0.15, 0.2) is 65.8 Å². The van der Waals surface area contributed by atoms with Crippen molar-refractivity contribution in [3.05, 3.63) is 76.8 Å². The number of halogens is 1. The molecule has 21 heavy (non-hydrogen) atoms. The molecule has 1 amide bonds. The number of nitrogens with zero attached hydrogens (tertiary/aromatic N) is 1. The molecular formula is C17H15ClN2O. The summed E-state index contributed by atoms with van der Waals surface area (Å²) in [5.41, 5.74) is 4.34. The van der Waals surface area contributed by atoms with Gasteiger partial charge in [0.2, 0.25) is 5.91 Å². The monoisotopic (exact) mass is 298 g/mol. The molecule has 0 unspecified atom stereocenters. The normalized spacial score (nSPS) is 11.1.